The molecule has 76 valence electrons. The van der Waals surface area contributed by atoms with E-state index in [1.54, 1.807) is 0 Å². The molecule has 1 atom stereocenters. The highest BCUT2D eigenvalue weighted by Crippen LogP contribution is 2.19. The maximum absolute atomic E-state index is 13.0. The molecule has 1 aromatic rings. The molecule has 1 amide bonds. The number of hydroxylamine groups is 2. The molecule has 4 nitrogen and oxygen atoms in total. The minimum absolute atomic E-state index is 0.0131. The first-order valence-electron chi connectivity index (χ1n) is 4.04. The molecule has 6 heteroatoms. The Morgan fingerprint density at radius 1 is 1.79 bits per heavy atom. The predicted molar refractivity (Wildman–Crippen MR) is 47.3 cm³/mol. The van der Waals surface area contributed by atoms with Gasteiger partial charge in [0.15, 0.2) is 0 Å². The lowest BCUT2D eigenvalue weighted by Gasteiger charge is -2.11. The Morgan fingerprint density at radius 3 is 3.07 bits per heavy atom. The summed E-state index contributed by atoms with van der Waals surface area (Å²) in [5, 5.41) is 11.6. The minimum Gasteiger partial charge on any atom is -0.389 e. The van der Waals surface area contributed by atoms with E-state index >= 15 is 0 Å². The summed E-state index contributed by atoms with van der Waals surface area (Å²) in [6.45, 7) is 0.176. The molecule has 0 aromatic carbocycles. The third-order valence-electron chi connectivity index (χ3n) is 1.84. The highest BCUT2D eigenvalue weighted by atomic mass is 32.1. The van der Waals surface area contributed by atoms with Gasteiger partial charge < -0.3 is 5.11 Å². The molecule has 1 N–H and O–H groups in total. The van der Waals surface area contributed by atoms with Crippen molar-refractivity contribution in [3.63, 3.8) is 0 Å². The van der Waals surface area contributed by atoms with Crippen LogP contribution in [0.5, 0.6) is 0 Å². The van der Waals surface area contributed by atoms with Gasteiger partial charge in [-0.3, -0.25) is 9.63 Å². The largest absolute Gasteiger partial charge is 0.389 e. The number of nitrogens with zero attached hydrogens (tertiary/aromatic N) is 1. The van der Waals surface area contributed by atoms with Crippen molar-refractivity contribution < 1.29 is 19.1 Å². The van der Waals surface area contributed by atoms with Gasteiger partial charge in [-0.05, 0) is 11.4 Å². The fourth-order valence-electron chi connectivity index (χ4n) is 1.17. The summed E-state index contributed by atoms with van der Waals surface area (Å²) in [5.74, 6) is -1.08. The zero-order valence-electron chi connectivity index (χ0n) is 7.14. The maximum atomic E-state index is 13.0. The average Bonchev–Trinajstić information content (AvgIpc) is 2.73. The first-order chi connectivity index (χ1) is 6.68. The third kappa shape index (κ3) is 1.63. The van der Waals surface area contributed by atoms with Crippen LogP contribution in [0.25, 0.3) is 0 Å². The van der Waals surface area contributed by atoms with E-state index in [9.17, 15) is 9.18 Å². The molecule has 1 aliphatic heterocycles. The summed E-state index contributed by atoms with van der Waals surface area (Å²) < 4.78 is 13.0. The van der Waals surface area contributed by atoms with Crippen molar-refractivity contribution in [2.24, 2.45) is 0 Å². The van der Waals surface area contributed by atoms with Crippen LogP contribution < -0.4 is 0 Å². The number of rotatable bonds is 1. The quantitative estimate of drug-likeness (QED) is 0.750. The second kappa shape index (κ2) is 3.64. The Balaban J connectivity index is 2.13. The van der Waals surface area contributed by atoms with E-state index in [1.165, 1.54) is 11.4 Å². The summed E-state index contributed by atoms with van der Waals surface area (Å²) in [7, 11) is 0. The molecule has 0 saturated carbocycles. The zero-order chi connectivity index (χ0) is 10.1. The van der Waals surface area contributed by atoms with Crippen LogP contribution in [0.1, 0.15) is 9.67 Å². The van der Waals surface area contributed by atoms with Crippen LogP contribution in [0.4, 0.5) is 4.39 Å². The first kappa shape index (κ1) is 9.57. The zero-order valence-corrected chi connectivity index (χ0v) is 7.96. The van der Waals surface area contributed by atoms with E-state index in [0.717, 1.165) is 16.4 Å². The highest BCUT2D eigenvalue weighted by molar-refractivity contribution is 7.12. The topological polar surface area (TPSA) is 49.8 Å². The van der Waals surface area contributed by atoms with E-state index in [4.69, 9.17) is 9.94 Å². The molecule has 1 aliphatic rings. The van der Waals surface area contributed by atoms with Crippen molar-refractivity contribution in [1.29, 1.82) is 0 Å². The Kier molecular flexibility index (Phi) is 2.49. The Hall–Kier alpha value is -0.980. The molecule has 0 radical (unpaired) electrons. The van der Waals surface area contributed by atoms with Gasteiger partial charge in [0.05, 0.1) is 6.54 Å². The van der Waals surface area contributed by atoms with Gasteiger partial charge in [0.1, 0.15) is 23.4 Å². The fourth-order valence-corrected chi connectivity index (χ4v) is 1.88. The Labute approximate surface area is 83.5 Å². The van der Waals surface area contributed by atoms with Crippen LogP contribution in [0.2, 0.25) is 0 Å². The lowest BCUT2D eigenvalue weighted by atomic mass is 10.3. The highest BCUT2D eigenvalue weighted by Gasteiger charge is 2.29. The Bertz CT molecular complexity index is 354. The minimum atomic E-state index is -0.679. The monoisotopic (exact) mass is 217 g/mol. The van der Waals surface area contributed by atoms with Crippen molar-refractivity contribution in [3.8, 4) is 0 Å². The van der Waals surface area contributed by atoms with E-state index in [1.807, 2.05) is 0 Å². The molecule has 1 saturated heterocycles. The van der Waals surface area contributed by atoms with Crippen LogP contribution in [0.15, 0.2) is 11.4 Å². The molecule has 0 spiro atoms. The van der Waals surface area contributed by atoms with Crippen molar-refractivity contribution in [2.45, 2.75) is 6.10 Å². The normalized spacial score (nSPS) is 21.6. The number of thiophene rings is 1. The summed E-state index contributed by atoms with van der Waals surface area (Å²) in [6.07, 6.45) is -0.679. The summed E-state index contributed by atoms with van der Waals surface area (Å²) in [4.78, 5) is 16.4. The number of hydrogen-bond donors (Lipinski definition) is 1. The van der Waals surface area contributed by atoms with Crippen molar-refractivity contribution in [3.05, 3.63) is 22.1 Å². The van der Waals surface area contributed by atoms with Crippen LogP contribution in [0.3, 0.4) is 0 Å². The van der Waals surface area contributed by atoms with E-state index in [-0.39, 0.29) is 18.0 Å². The van der Waals surface area contributed by atoms with Gasteiger partial charge in [0.25, 0.3) is 5.91 Å². The van der Waals surface area contributed by atoms with Crippen molar-refractivity contribution in [2.75, 3.05) is 13.2 Å². The van der Waals surface area contributed by atoms with Crippen molar-refractivity contribution >= 4 is 17.2 Å². The second-order valence-electron chi connectivity index (χ2n) is 2.91. The Morgan fingerprint density at radius 2 is 2.57 bits per heavy atom. The number of carbonyl (C=O) groups is 1. The summed E-state index contributed by atoms with van der Waals surface area (Å²) in [5.41, 5.74) is 0. The number of aliphatic hydroxyl groups is 1. The van der Waals surface area contributed by atoms with Crippen molar-refractivity contribution in [1.82, 2.24) is 5.06 Å². The smallest absolute Gasteiger partial charge is 0.290 e. The van der Waals surface area contributed by atoms with Crippen LogP contribution >= 0.6 is 11.3 Å². The fraction of sp³-hybridized carbons (Fsp3) is 0.375. The molecule has 2 heterocycles. The second-order valence-corrected chi connectivity index (χ2v) is 3.83. The van der Waals surface area contributed by atoms with E-state index in [0.29, 0.717) is 0 Å². The molecule has 1 aromatic heterocycles. The van der Waals surface area contributed by atoms with Gasteiger partial charge in [-0.1, -0.05) is 0 Å². The third-order valence-corrected chi connectivity index (χ3v) is 2.71. The van der Waals surface area contributed by atoms with Gasteiger partial charge in [-0.15, -0.1) is 11.3 Å². The number of hydrogen-bond acceptors (Lipinski definition) is 4. The van der Waals surface area contributed by atoms with Gasteiger partial charge in [0.2, 0.25) is 0 Å². The molecule has 0 bridgehead atoms. The molecular weight excluding hydrogens is 209 g/mol. The van der Waals surface area contributed by atoms with Gasteiger partial charge in [-0.25, -0.2) is 9.45 Å². The summed E-state index contributed by atoms with van der Waals surface area (Å²) in [6, 6.07) is 1.23. The van der Waals surface area contributed by atoms with Crippen LogP contribution in [0, 0.1) is 5.82 Å². The van der Waals surface area contributed by atoms with Gasteiger partial charge in [0, 0.05) is 0 Å². The molecule has 0 unspecified atom stereocenters. The van der Waals surface area contributed by atoms with Gasteiger partial charge in [-0.2, -0.15) is 0 Å². The van der Waals surface area contributed by atoms with Crippen LogP contribution in [-0.2, 0) is 4.84 Å². The molecule has 2 rings (SSSR count). The van der Waals surface area contributed by atoms with E-state index < -0.39 is 17.8 Å². The van der Waals surface area contributed by atoms with Crippen LogP contribution in [-0.4, -0.2) is 35.3 Å². The molecular formula is C8H8FNO3S. The number of halogens is 1. The number of amides is 1. The van der Waals surface area contributed by atoms with E-state index in [2.05, 4.69) is 0 Å². The number of β-amino-alcohol motifs (C(OH)–C–C–N with tert-alkyl or cyclic N) is 1. The maximum Gasteiger partial charge on any atom is 0.290 e. The lowest BCUT2D eigenvalue weighted by molar-refractivity contribution is -0.0778. The first-order valence-corrected chi connectivity index (χ1v) is 4.92. The SMILES string of the molecule is O=C(c1sccc1F)N1C[C@H](O)CO1. The molecule has 14 heavy (non-hydrogen) atoms. The summed E-state index contributed by atoms with van der Waals surface area (Å²) >= 11 is 1.02. The average molecular weight is 217 g/mol. The number of carbonyl (C=O) groups excluding carboxylic acids is 1. The molecule has 1 fully saturated rings. The number of aliphatic hydroxyl groups excluding tert-OH is 1. The standard InChI is InChI=1S/C8H8FNO3S/c9-6-1-2-14-7(6)8(12)10-3-5(11)4-13-10/h1-2,5,11H,3-4H2/t5-/m0/s1. The lowest BCUT2D eigenvalue weighted by Crippen LogP contribution is -2.28. The molecule has 0 aliphatic carbocycles. The predicted octanol–water partition coefficient (Wildman–Crippen LogP) is 0.636. The van der Waals surface area contributed by atoms with Gasteiger partial charge >= 0.3 is 0 Å².